The second kappa shape index (κ2) is 7.07. The molecule has 0 spiro atoms. The van der Waals surface area contributed by atoms with Gasteiger partial charge in [0.25, 0.3) is 0 Å². The molecule has 7 heteroatoms. The van der Waals surface area contributed by atoms with Crippen LogP contribution in [0.4, 0.5) is 4.79 Å². The van der Waals surface area contributed by atoms with Crippen LogP contribution >= 0.6 is 0 Å². The minimum absolute atomic E-state index is 0.00697. The van der Waals surface area contributed by atoms with Gasteiger partial charge in [-0.1, -0.05) is 12.1 Å². The van der Waals surface area contributed by atoms with Crippen LogP contribution in [0.15, 0.2) is 23.0 Å². The Balaban J connectivity index is 1.48. The summed E-state index contributed by atoms with van der Waals surface area (Å²) >= 11 is 0. The second-order valence-electron chi connectivity index (χ2n) is 6.53. The molecule has 0 aromatic carbocycles. The van der Waals surface area contributed by atoms with E-state index in [1.54, 1.807) is 6.20 Å². The van der Waals surface area contributed by atoms with E-state index >= 15 is 0 Å². The summed E-state index contributed by atoms with van der Waals surface area (Å²) in [5, 5.41) is 11.3. The van der Waals surface area contributed by atoms with Crippen molar-refractivity contribution in [1.82, 2.24) is 25.2 Å². The Hall–Kier alpha value is -2.31. The molecule has 1 fully saturated rings. The van der Waals surface area contributed by atoms with Gasteiger partial charge in [0.15, 0.2) is 0 Å². The molecule has 0 bridgehead atoms. The van der Waals surface area contributed by atoms with Gasteiger partial charge in [0.1, 0.15) is 5.76 Å². The summed E-state index contributed by atoms with van der Waals surface area (Å²) < 4.78 is 7.20. The van der Waals surface area contributed by atoms with E-state index in [9.17, 15) is 4.79 Å². The van der Waals surface area contributed by atoms with Gasteiger partial charge < -0.3 is 14.7 Å². The fourth-order valence-electron chi connectivity index (χ4n) is 3.48. The van der Waals surface area contributed by atoms with Crippen molar-refractivity contribution in [3.63, 3.8) is 0 Å². The zero-order chi connectivity index (χ0) is 17.1. The largest absolute Gasteiger partial charge is 0.361 e. The number of nitrogens with one attached hydrogen (secondary N) is 1. The fraction of sp³-hybridized carbons (Fsp3) is 0.588. The SMILES string of the molecule is Cc1noc(C)c1[C@H](C)CNC(=O)N1CCC(n2cccn2)CC1. The van der Waals surface area contributed by atoms with E-state index in [-0.39, 0.29) is 11.9 Å². The lowest BCUT2D eigenvalue weighted by molar-refractivity contribution is 0.168. The monoisotopic (exact) mass is 331 g/mol. The first-order valence-corrected chi connectivity index (χ1v) is 8.51. The predicted octanol–water partition coefficient (Wildman–Crippen LogP) is 2.64. The summed E-state index contributed by atoms with van der Waals surface area (Å²) in [4.78, 5) is 14.3. The molecule has 1 saturated heterocycles. The number of hydrogen-bond acceptors (Lipinski definition) is 4. The highest BCUT2D eigenvalue weighted by molar-refractivity contribution is 5.74. The van der Waals surface area contributed by atoms with Crippen LogP contribution in [0.25, 0.3) is 0 Å². The summed E-state index contributed by atoms with van der Waals surface area (Å²) in [6.45, 7) is 8.03. The Labute approximate surface area is 142 Å². The van der Waals surface area contributed by atoms with Crippen LogP contribution in [0.1, 0.15) is 48.7 Å². The zero-order valence-corrected chi connectivity index (χ0v) is 14.5. The molecule has 130 valence electrons. The van der Waals surface area contributed by atoms with Gasteiger partial charge >= 0.3 is 6.03 Å². The molecule has 3 rings (SSSR count). The predicted molar refractivity (Wildman–Crippen MR) is 89.9 cm³/mol. The lowest BCUT2D eigenvalue weighted by Gasteiger charge is -2.32. The van der Waals surface area contributed by atoms with Crippen LogP contribution in [-0.4, -0.2) is 45.5 Å². The molecular weight excluding hydrogens is 306 g/mol. The number of carbonyl (C=O) groups excluding carboxylic acids is 1. The summed E-state index contributed by atoms with van der Waals surface area (Å²) in [7, 11) is 0. The Kier molecular flexibility index (Phi) is 4.87. The summed E-state index contributed by atoms with van der Waals surface area (Å²) in [5.74, 6) is 1.01. The third kappa shape index (κ3) is 3.44. The molecule has 3 heterocycles. The lowest BCUT2D eigenvalue weighted by Crippen LogP contribution is -2.45. The van der Waals surface area contributed by atoms with Crippen LogP contribution in [0, 0.1) is 13.8 Å². The van der Waals surface area contributed by atoms with Crippen molar-refractivity contribution in [3.8, 4) is 0 Å². The number of urea groups is 1. The standard InChI is InChI=1S/C17H25N5O2/c1-12(16-13(2)20-24-14(16)3)11-18-17(23)21-9-5-15(6-10-21)22-8-4-7-19-22/h4,7-8,12,15H,5-6,9-11H2,1-3H3,(H,18,23)/t12-/m1/s1. The number of amides is 2. The molecule has 2 amide bonds. The topological polar surface area (TPSA) is 76.2 Å². The molecule has 0 aliphatic carbocycles. The molecule has 7 nitrogen and oxygen atoms in total. The van der Waals surface area contributed by atoms with Crippen molar-refractivity contribution < 1.29 is 9.32 Å². The average molecular weight is 331 g/mol. The number of nitrogens with zero attached hydrogens (tertiary/aromatic N) is 4. The first kappa shape index (κ1) is 16.5. The van der Waals surface area contributed by atoms with Crippen molar-refractivity contribution in [2.75, 3.05) is 19.6 Å². The number of aromatic nitrogens is 3. The normalized spacial score (nSPS) is 17.0. The Morgan fingerprint density at radius 2 is 2.17 bits per heavy atom. The summed E-state index contributed by atoms with van der Waals surface area (Å²) in [5.41, 5.74) is 1.99. The Morgan fingerprint density at radius 3 is 2.75 bits per heavy atom. The van der Waals surface area contributed by atoms with E-state index in [0.29, 0.717) is 12.6 Å². The summed E-state index contributed by atoms with van der Waals surface area (Å²) in [6, 6.07) is 2.34. The van der Waals surface area contributed by atoms with E-state index in [0.717, 1.165) is 42.9 Å². The molecule has 2 aromatic rings. The molecule has 1 N–H and O–H groups in total. The minimum atomic E-state index is 0.00697. The van der Waals surface area contributed by atoms with Gasteiger partial charge in [-0.2, -0.15) is 5.10 Å². The summed E-state index contributed by atoms with van der Waals surface area (Å²) in [6.07, 6.45) is 5.67. The van der Waals surface area contributed by atoms with Gasteiger partial charge in [-0.05, 0) is 32.8 Å². The number of likely N-dealkylation sites (tertiary alicyclic amines) is 1. The van der Waals surface area contributed by atoms with Crippen molar-refractivity contribution in [1.29, 1.82) is 0 Å². The molecule has 1 atom stereocenters. The van der Waals surface area contributed by atoms with Crippen LogP contribution in [0.2, 0.25) is 0 Å². The van der Waals surface area contributed by atoms with Gasteiger partial charge in [0.2, 0.25) is 0 Å². The molecule has 0 radical (unpaired) electrons. The van der Waals surface area contributed by atoms with Crippen molar-refractivity contribution in [3.05, 3.63) is 35.5 Å². The van der Waals surface area contributed by atoms with E-state index < -0.39 is 0 Å². The third-order valence-corrected chi connectivity index (χ3v) is 4.79. The van der Waals surface area contributed by atoms with E-state index in [1.807, 2.05) is 35.7 Å². The molecule has 2 aromatic heterocycles. The molecular formula is C17H25N5O2. The van der Waals surface area contributed by atoms with Crippen molar-refractivity contribution in [2.24, 2.45) is 0 Å². The van der Waals surface area contributed by atoms with Gasteiger partial charge in [0, 0.05) is 43.5 Å². The number of piperidine rings is 1. The van der Waals surface area contributed by atoms with E-state index in [4.69, 9.17) is 4.52 Å². The number of aryl methyl sites for hydroxylation is 2. The molecule has 1 aliphatic heterocycles. The van der Waals surface area contributed by atoms with E-state index in [2.05, 4.69) is 22.5 Å². The van der Waals surface area contributed by atoms with E-state index in [1.165, 1.54) is 0 Å². The van der Waals surface area contributed by atoms with Gasteiger partial charge in [-0.25, -0.2) is 4.79 Å². The van der Waals surface area contributed by atoms with Gasteiger partial charge in [-0.15, -0.1) is 0 Å². The minimum Gasteiger partial charge on any atom is -0.361 e. The number of rotatable bonds is 4. The van der Waals surface area contributed by atoms with Crippen LogP contribution in [0.3, 0.4) is 0 Å². The molecule has 1 aliphatic rings. The first-order valence-electron chi connectivity index (χ1n) is 8.51. The maximum absolute atomic E-state index is 12.4. The van der Waals surface area contributed by atoms with Crippen LogP contribution < -0.4 is 5.32 Å². The quantitative estimate of drug-likeness (QED) is 0.934. The van der Waals surface area contributed by atoms with Gasteiger partial charge in [0.05, 0.1) is 11.7 Å². The highest BCUT2D eigenvalue weighted by atomic mass is 16.5. The highest BCUT2D eigenvalue weighted by Crippen LogP contribution is 2.23. The number of carbonyl (C=O) groups is 1. The Bertz CT molecular complexity index is 652. The van der Waals surface area contributed by atoms with Crippen molar-refractivity contribution in [2.45, 2.75) is 45.6 Å². The average Bonchev–Trinajstić information content (AvgIpc) is 3.23. The number of hydrogen-bond donors (Lipinski definition) is 1. The smallest absolute Gasteiger partial charge is 0.317 e. The Morgan fingerprint density at radius 1 is 1.42 bits per heavy atom. The van der Waals surface area contributed by atoms with Crippen LogP contribution in [0.5, 0.6) is 0 Å². The maximum Gasteiger partial charge on any atom is 0.317 e. The second-order valence-corrected chi connectivity index (χ2v) is 6.53. The third-order valence-electron chi connectivity index (χ3n) is 4.79. The highest BCUT2D eigenvalue weighted by Gasteiger charge is 2.24. The molecule has 0 unspecified atom stereocenters. The first-order chi connectivity index (χ1) is 11.6. The van der Waals surface area contributed by atoms with Crippen LogP contribution in [-0.2, 0) is 0 Å². The van der Waals surface area contributed by atoms with Crippen molar-refractivity contribution >= 4 is 6.03 Å². The lowest BCUT2D eigenvalue weighted by atomic mass is 9.99. The fourth-order valence-corrected chi connectivity index (χ4v) is 3.48. The van der Waals surface area contributed by atoms with Gasteiger partial charge in [-0.3, -0.25) is 4.68 Å². The maximum atomic E-state index is 12.4. The molecule has 0 saturated carbocycles. The zero-order valence-electron chi connectivity index (χ0n) is 14.5. The molecule has 24 heavy (non-hydrogen) atoms.